The molecule has 0 aromatic heterocycles. The lowest BCUT2D eigenvalue weighted by atomic mass is 10.0. The van der Waals surface area contributed by atoms with Gasteiger partial charge in [0.1, 0.15) is 11.6 Å². The summed E-state index contributed by atoms with van der Waals surface area (Å²) in [4.78, 5) is 12.5. The number of carbonyl (C=O) groups is 1. The molecule has 1 N–H and O–H groups in total. The minimum Gasteiger partial charge on any atom is -0.321 e. The van der Waals surface area contributed by atoms with Crippen LogP contribution in [0, 0.1) is 11.3 Å². The number of amides is 1. The van der Waals surface area contributed by atoms with Crippen LogP contribution >= 0.6 is 11.6 Å². The number of benzene rings is 2. The second-order valence-electron chi connectivity index (χ2n) is 5.33. The average Bonchev–Trinajstić information content (AvgIpc) is 2.61. The minimum absolute atomic E-state index is 0.0604. The summed E-state index contributed by atoms with van der Waals surface area (Å²) in [6, 6.07) is 14.9. The Morgan fingerprint density at radius 2 is 1.71 bits per heavy atom. The zero-order valence-corrected chi connectivity index (χ0v) is 14.5. The number of nitrogens with zero attached hydrogens (tertiary/aromatic N) is 1. The van der Waals surface area contributed by atoms with Gasteiger partial charge in [0.15, 0.2) is 0 Å². The van der Waals surface area contributed by atoms with E-state index in [0.717, 1.165) is 35.2 Å². The van der Waals surface area contributed by atoms with Gasteiger partial charge in [-0.2, -0.15) is 5.26 Å². The van der Waals surface area contributed by atoms with E-state index in [0.29, 0.717) is 5.02 Å². The van der Waals surface area contributed by atoms with Crippen molar-refractivity contribution in [1.29, 1.82) is 5.26 Å². The van der Waals surface area contributed by atoms with Crippen molar-refractivity contribution in [2.24, 2.45) is 0 Å². The molecule has 0 atom stereocenters. The molecule has 0 spiro atoms. The van der Waals surface area contributed by atoms with E-state index in [1.165, 1.54) is 0 Å². The molecule has 122 valence electrons. The Balaban J connectivity index is 2.31. The van der Waals surface area contributed by atoms with Gasteiger partial charge in [-0.25, -0.2) is 0 Å². The minimum atomic E-state index is -0.400. The van der Waals surface area contributed by atoms with Crippen LogP contribution < -0.4 is 5.32 Å². The van der Waals surface area contributed by atoms with Gasteiger partial charge in [0.2, 0.25) is 0 Å². The number of hydrogen-bond donors (Lipinski definition) is 1. The molecule has 0 unspecified atom stereocenters. The topological polar surface area (TPSA) is 52.9 Å². The second kappa shape index (κ2) is 8.33. The van der Waals surface area contributed by atoms with Crippen LogP contribution in [0.2, 0.25) is 5.02 Å². The fourth-order valence-electron chi connectivity index (χ4n) is 2.46. The van der Waals surface area contributed by atoms with Gasteiger partial charge in [0, 0.05) is 10.7 Å². The Kier molecular flexibility index (Phi) is 6.17. The summed E-state index contributed by atoms with van der Waals surface area (Å²) in [7, 11) is 0. The first-order valence-corrected chi connectivity index (χ1v) is 8.26. The van der Waals surface area contributed by atoms with E-state index in [1.807, 2.05) is 38.1 Å². The van der Waals surface area contributed by atoms with Crippen molar-refractivity contribution in [3.8, 4) is 6.07 Å². The SMILES string of the molecule is CCc1cccc(CC)c1NC(=O)C(C#N)=Cc1ccc(Cl)cc1. The Labute approximate surface area is 147 Å². The molecular weight excluding hydrogens is 320 g/mol. The molecule has 0 saturated heterocycles. The standard InChI is InChI=1S/C20H19ClN2O/c1-3-15-6-5-7-16(4-2)19(15)23-20(24)17(13-22)12-14-8-10-18(21)11-9-14/h5-12H,3-4H2,1-2H3,(H,23,24). The van der Waals surface area contributed by atoms with E-state index in [4.69, 9.17) is 11.6 Å². The number of para-hydroxylation sites is 1. The Morgan fingerprint density at radius 1 is 1.12 bits per heavy atom. The third-order valence-corrected chi connectivity index (χ3v) is 4.04. The predicted octanol–water partition coefficient (Wildman–Crippen LogP) is 5.01. The van der Waals surface area contributed by atoms with Crippen LogP contribution in [0.4, 0.5) is 5.69 Å². The van der Waals surface area contributed by atoms with Crippen LogP contribution in [0.15, 0.2) is 48.0 Å². The van der Waals surface area contributed by atoms with E-state index >= 15 is 0 Å². The van der Waals surface area contributed by atoms with Gasteiger partial charge in [0.25, 0.3) is 5.91 Å². The molecule has 0 aliphatic carbocycles. The fourth-order valence-corrected chi connectivity index (χ4v) is 2.58. The van der Waals surface area contributed by atoms with Crippen LogP contribution in [-0.4, -0.2) is 5.91 Å². The number of aryl methyl sites for hydroxylation is 2. The summed E-state index contributed by atoms with van der Waals surface area (Å²) in [5.74, 6) is -0.400. The average molecular weight is 339 g/mol. The maximum atomic E-state index is 12.5. The van der Waals surface area contributed by atoms with Crippen molar-refractivity contribution in [3.05, 3.63) is 69.8 Å². The summed E-state index contributed by atoms with van der Waals surface area (Å²) >= 11 is 5.85. The molecule has 0 bridgehead atoms. The lowest BCUT2D eigenvalue weighted by Crippen LogP contribution is -2.16. The molecule has 3 nitrogen and oxygen atoms in total. The van der Waals surface area contributed by atoms with Crippen LogP contribution in [0.25, 0.3) is 6.08 Å². The molecule has 0 saturated carbocycles. The Morgan fingerprint density at radius 3 is 2.21 bits per heavy atom. The molecule has 0 aliphatic rings. The van der Waals surface area contributed by atoms with Gasteiger partial charge in [-0.05, 0) is 47.7 Å². The summed E-state index contributed by atoms with van der Waals surface area (Å²) < 4.78 is 0. The highest BCUT2D eigenvalue weighted by atomic mass is 35.5. The summed E-state index contributed by atoms with van der Waals surface area (Å²) in [5, 5.41) is 12.9. The molecule has 1 amide bonds. The summed E-state index contributed by atoms with van der Waals surface area (Å²) in [6.07, 6.45) is 3.18. The second-order valence-corrected chi connectivity index (χ2v) is 5.77. The van der Waals surface area contributed by atoms with Crippen molar-refractivity contribution >= 4 is 29.3 Å². The predicted molar refractivity (Wildman–Crippen MR) is 98.9 cm³/mol. The zero-order valence-electron chi connectivity index (χ0n) is 13.8. The molecule has 0 aliphatic heterocycles. The van der Waals surface area contributed by atoms with Crippen LogP contribution in [0.5, 0.6) is 0 Å². The Hall–Kier alpha value is -2.57. The maximum absolute atomic E-state index is 12.5. The maximum Gasteiger partial charge on any atom is 0.266 e. The van der Waals surface area contributed by atoms with Crippen molar-refractivity contribution in [2.75, 3.05) is 5.32 Å². The number of nitriles is 1. The largest absolute Gasteiger partial charge is 0.321 e. The normalized spacial score (nSPS) is 11.0. The number of halogens is 1. The van der Waals surface area contributed by atoms with E-state index in [-0.39, 0.29) is 5.57 Å². The van der Waals surface area contributed by atoms with Gasteiger partial charge in [-0.15, -0.1) is 0 Å². The number of rotatable bonds is 5. The highest BCUT2D eigenvalue weighted by Gasteiger charge is 2.14. The van der Waals surface area contributed by atoms with Crippen molar-refractivity contribution in [2.45, 2.75) is 26.7 Å². The van der Waals surface area contributed by atoms with Crippen LogP contribution in [-0.2, 0) is 17.6 Å². The molecule has 2 aromatic carbocycles. The highest BCUT2D eigenvalue weighted by molar-refractivity contribution is 6.30. The summed E-state index contributed by atoms with van der Waals surface area (Å²) in [6.45, 7) is 4.08. The molecular formula is C20H19ClN2O. The van der Waals surface area contributed by atoms with Crippen LogP contribution in [0.3, 0.4) is 0 Å². The van der Waals surface area contributed by atoms with E-state index in [9.17, 15) is 10.1 Å². The third-order valence-electron chi connectivity index (χ3n) is 3.78. The molecule has 2 rings (SSSR count). The van der Waals surface area contributed by atoms with E-state index in [1.54, 1.807) is 30.3 Å². The molecule has 2 aromatic rings. The molecule has 0 heterocycles. The smallest absolute Gasteiger partial charge is 0.266 e. The van der Waals surface area contributed by atoms with Gasteiger partial charge in [0.05, 0.1) is 0 Å². The molecule has 4 heteroatoms. The molecule has 0 fully saturated rings. The quantitative estimate of drug-likeness (QED) is 0.615. The van der Waals surface area contributed by atoms with Gasteiger partial charge in [-0.3, -0.25) is 4.79 Å². The first-order chi connectivity index (χ1) is 11.6. The Bertz CT molecular complexity index is 779. The number of carbonyl (C=O) groups excluding carboxylic acids is 1. The van der Waals surface area contributed by atoms with Crippen molar-refractivity contribution in [3.63, 3.8) is 0 Å². The first-order valence-electron chi connectivity index (χ1n) is 7.88. The van der Waals surface area contributed by atoms with E-state index in [2.05, 4.69) is 5.32 Å². The monoisotopic (exact) mass is 338 g/mol. The first kappa shape index (κ1) is 17.8. The zero-order chi connectivity index (χ0) is 17.5. The van der Waals surface area contributed by atoms with Crippen molar-refractivity contribution in [1.82, 2.24) is 0 Å². The number of anilines is 1. The van der Waals surface area contributed by atoms with Gasteiger partial charge >= 0.3 is 0 Å². The molecule has 24 heavy (non-hydrogen) atoms. The van der Waals surface area contributed by atoms with Gasteiger partial charge in [-0.1, -0.05) is 55.8 Å². The third kappa shape index (κ3) is 4.24. The number of hydrogen-bond acceptors (Lipinski definition) is 2. The number of nitrogens with one attached hydrogen (secondary N) is 1. The fraction of sp³-hybridized carbons (Fsp3) is 0.200. The lowest BCUT2D eigenvalue weighted by molar-refractivity contribution is -0.112. The molecule has 0 radical (unpaired) electrons. The van der Waals surface area contributed by atoms with Crippen molar-refractivity contribution < 1.29 is 4.79 Å². The lowest BCUT2D eigenvalue weighted by Gasteiger charge is -2.14. The van der Waals surface area contributed by atoms with Crippen LogP contribution in [0.1, 0.15) is 30.5 Å². The highest BCUT2D eigenvalue weighted by Crippen LogP contribution is 2.23. The summed E-state index contributed by atoms with van der Waals surface area (Å²) in [5.41, 5.74) is 3.75. The van der Waals surface area contributed by atoms with E-state index < -0.39 is 5.91 Å². The van der Waals surface area contributed by atoms with Gasteiger partial charge < -0.3 is 5.32 Å².